The molecule has 0 radical (unpaired) electrons. The van der Waals surface area contributed by atoms with Gasteiger partial charge in [0.2, 0.25) is 0 Å². The Bertz CT molecular complexity index is 1590. The summed E-state index contributed by atoms with van der Waals surface area (Å²) in [7, 11) is 1.62. The standard InChI is InChI=1S/C30H26ClN5O2/c1-38-25-12-10-22(11-13-25)30(37)35-16-14-34(15-17-35)28-27-26(21-6-3-2-4-7-21)19-36(29(27)33-20-32-28)24-9-5-8-23(31)18-24/h2-13,18-20H,14-17H2,1H3. The van der Waals surface area contributed by atoms with Crippen LogP contribution in [0, 0.1) is 0 Å². The van der Waals surface area contributed by atoms with Gasteiger partial charge >= 0.3 is 0 Å². The number of aromatic nitrogens is 3. The highest BCUT2D eigenvalue weighted by atomic mass is 35.5. The van der Waals surface area contributed by atoms with Crippen molar-refractivity contribution < 1.29 is 9.53 Å². The summed E-state index contributed by atoms with van der Waals surface area (Å²) in [4.78, 5) is 26.7. The van der Waals surface area contributed by atoms with E-state index in [9.17, 15) is 4.79 Å². The number of carbonyl (C=O) groups is 1. The van der Waals surface area contributed by atoms with E-state index in [-0.39, 0.29) is 5.91 Å². The Hall–Kier alpha value is -4.36. The minimum Gasteiger partial charge on any atom is -0.497 e. The van der Waals surface area contributed by atoms with E-state index >= 15 is 0 Å². The largest absolute Gasteiger partial charge is 0.497 e. The van der Waals surface area contributed by atoms with Crippen molar-refractivity contribution in [3.05, 3.63) is 102 Å². The second kappa shape index (κ2) is 10.2. The summed E-state index contributed by atoms with van der Waals surface area (Å²) in [5.41, 5.74) is 4.54. The molecule has 1 amide bonds. The van der Waals surface area contributed by atoms with Gasteiger partial charge in [0.1, 0.15) is 17.9 Å². The van der Waals surface area contributed by atoms with Gasteiger partial charge in [0.05, 0.1) is 12.5 Å². The van der Waals surface area contributed by atoms with E-state index in [0.29, 0.717) is 36.8 Å². The molecule has 8 heteroatoms. The van der Waals surface area contributed by atoms with Crippen molar-refractivity contribution in [3.8, 4) is 22.6 Å². The number of hydrogen-bond donors (Lipinski definition) is 0. The van der Waals surface area contributed by atoms with Gasteiger partial charge in [0.15, 0.2) is 5.65 Å². The number of ether oxygens (including phenoxy) is 1. The second-order valence-electron chi connectivity index (χ2n) is 9.16. The molecule has 1 aliphatic heterocycles. The Balaban J connectivity index is 1.35. The lowest BCUT2D eigenvalue weighted by atomic mass is 10.1. The van der Waals surface area contributed by atoms with E-state index < -0.39 is 0 Å². The average Bonchev–Trinajstić information content (AvgIpc) is 3.37. The monoisotopic (exact) mass is 523 g/mol. The first-order chi connectivity index (χ1) is 18.6. The molecular weight excluding hydrogens is 498 g/mol. The van der Waals surface area contributed by atoms with Crippen molar-refractivity contribution in [1.82, 2.24) is 19.4 Å². The molecule has 0 unspecified atom stereocenters. The van der Waals surface area contributed by atoms with Crippen LogP contribution in [0.2, 0.25) is 5.02 Å². The third-order valence-corrected chi connectivity index (χ3v) is 7.17. The van der Waals surface area contributed by atoms with Gasteiger partial charge in [0.25, 0.3) is 5.91 Å². The minimum atomic E-state index is 0.0252. The van der Waals surface area contributed by atoms with E-state index in [4.69, 9.17) is 26.3 Å². The minimum absolute atomic E-state index is 0.0252. The normalized spacial score (nSPS) is 13.6. The van der Waals surface area contributed by atoms with Crippen LogP contribution in [0.4, 0.5) is 5.82 Å². The van der Waals surface area contributed by atoms with Gasteiger partial charge in [-0.15, -0.1) is 0 Å². The number of halogens is 1. The fourth-order valence-electron chi connectivity index (χ4n) is 4.98. The summed E-state index contributed by atoms with van der Waals surface area (Å²) in [6, 6.07) is 25.3. The topological polar surface area (TPSA) is 63.5 Å². The lowest BCUT2D eigenvalue weighted by molar-refractivity contribution is 0.0746. The molecule has 0 N–H and O–H groups in total. The molecule has 1 aliphatic rings. The molecule has 0 bridgehead atoms. The van der Waals surface area contributed by atoms with Crippen molar-refractivity contribution >= 4 is 34.4 Å². The lowest BCUT2D eigenvalue weighted by Crippen LogP contribution is -2.49. The van der Waals surface area contributed by atoms with Gasteiger partial charge in [-0.3, -0.25) is 4.79 Å². The smallest absolute Gasteiger partial charge is 0.253 e. The van der Waals surface area contributed by atoms with Crippen molar-refractivity contribution in [2.45, 2.75) is 0 Å². The number of amides is 1. The van der Waals surface area contributed by atoms with Gasteiger partial charge in [-0.25, -0.2) is 9.97 Å². The summed E-state index contributed by atoms with van der Waals surface area (Å²) >= 11 is 6.33. The van der Waals surface area contributed by atoms with Crippen LogP contribution in [-0.2, 0) is 0 Å². The van der Waals surface area contributed by atoms with Crippen LogP contribution in [0.3, 0.4) is 0 Å². The predicted molar refractivity (Wildman–Crippen MR) is 150 cm³/mol. The van der Waals surface area contributed by atoms with Crippen LogP contribution >= 0.6 is 11.6 Å². The summed E-state index contributed by atoms with van der Waals surface area (Å²) in [6.07, 6.45) is 3.72. The highest BCUT2D eigenvalue weighted by Gasteiger charge is 2.26. The summed E-state index contributed by atoms with van der Waals surface area (Å²) in [5, 5.41) is 1.64. The van der Waals surface area contributed by atoms with Crippen LogP contribution in [-0.4, -0.2) is 58.6 Å². The molecule has 7 nitrogen and oxygen atoms in total. The maximum absolute atomic E-state index is 13.1. The number of fused-ring (bicyclic) bond motifs is 1. The molecule has 190 valence electrons. The number of benzene rings is 3. The zero-order valence-electron chi connectivity index (χ0n) is 20.9. The predicted octanol–water partition coefficient (Wildman–Crippen LogP) is 5.71. The number of methoxy groups -OCH3 is 1. The summed E-state index contributed by atoms with van der Waals surface area (Å²) in [5.74, 6) is 1.63. The fraction of sp³-hybridized carbons (Fsp3) is 0.167. The second-order valence-corrected chi connectivity index (χ2v) is 9.60. The molecule has 6 rings (SSSR count). The molecule has 0 spiro atoms. The quantitative estimate of drug-likeness (QED) is 0.295. The molecular formula is C30H26ClN5O2. The molecule has 0 saturated carbocycles. The van der Waals surface area contributed by atoms with Gasteiger partial charge < -0.3 is 19.1 Å². The maximum Gasteiger partial charge on any atom is 0.253 e. The first-order valence-electron chi connectivity index (χ1n) is 12.5. The molecule has 0 aliphatic carbocycles. The van der Waals surface area contributed by atoms with Crippen molar-refractivity contribution in [2.24, 2.45) is 0 Å². The van der Waals surface area contributed by atoms with E-state index in [0.717, 1.165) is 39.4 Å². The van der Waals surface area contributed by atoms with Crippen molar-refractivity contribution in [2.75, 3.05) is 38.2 Å². The van der Waals surface area contributed by atoms with E-state index in [1.165, 1.54) is 0 Å². The molecule has 2 aromatic heterocycles. The first kappa shape index (κ1) is 24.0. The van der Waals surface area contributed by atoms with Crippen molar-refractivity contribution in [1.29, 1.82) is 0 Å². The first-order valence-corrected chi connectivity index (χ1v) is 12.9. The SMILES string of the molecule is COc1ccc(C(=O)N2CCN(c3ncnc4c3c(-c3ccccc3)cn4-c3cccc(Cl)c3)CC2)cc1. The van der Waals surface area contributed by atoms with Crippen LogP contribution in [0.25, 0.3) is 27.8 Å². The maximum atomic E-state index is 13.1. The number of hydrogen-bond acceptors (Lipinski definition) is 5. The Morgan fingerprint density at radius 2 is 1.66 bits per heavy atom. The van der Waals surface area contributed by atoms with E-state index in [1.54, 1.807) is 13.4 Å². The fourth-order valence-corrected chi connectivity index (χ4v) is 5.17. The van der Waals surface area contributed by atoms with Crippen LogP contribution in [0.5, 0.6) is 5.75 Å². The third-order valence-electron chi connectivity index (χ3n) is 6.94. The Labute approximate surface area is 225 Å². The number of rotatable bonds is 5. The number of piperazine rings is 1. The number of nitrogens with zero attached hydrogens (tertiary/aromatic N) is 5. The zero-order chi connectivity index (χ0) is 26.1. The molecule has 3 aromatic carbocycles. The van der Waals surface area contributed by atoms with Gasteiger partial charge in [0, 0.05) is 54.2 Å². The van der Waals surface area contributed by atoms with E-state index in [2.05, 4.69) is 27.8 Å². The Kier molecular flexibility index (Phi) is 6.43. The third kappa shape index (κ3) is 4.46. The lowest BCUT2D eigenvalue weighted by Gasteiger charge is -2.35. The zero-order valence-corrected chi connectivity index (χ0v) is 21.7. The molecule has 1 saturated heterocycles. The van der Waals surface area contributed by atoms with Crippen LogP contribution in [0.1, 0.15) is 10.4 Å². The average molecular weight is 524 g/mol. The van der Waals surface area contributed by atoms with Crippen molar-refractivity contribution in [3.63, 3.8) is 0 Å². The summed E-state index contributed by atoms with van der Waals surface area (Å²) in [6.45, 7) is 2.55. The van der Waals surface area contributed by atoms with Crippen LogP contribution < -0.4 is 9.64 Å². The molecule has 0 atom stereocenters. The molecule has 1 fully saturated rings. The highest BCUT2D eigenvalue weighted by Crippen LogP contribution is 2.37. The highest BCUT2D eigenvalue weighted by molar-refractivity contribution is 6.30. The number of carbonyl (C=O) groups excluding carboxylic acids is 1. The molecule has 5 aromatic rings. The van der Waals surface area contributed by atoms with Crippen LogP contribution in [0.15, 0.2) is 91.4 Å². The van der Waals surface area contributed by atoms with Gasteiger partial charge in [-0.05, 0) is 48.0 Å². The van der Waals surface area contributed by atoms with E-state index in [1.807, 2.05) is 71.6 Å². The number of anilines is 1. The molecule has 38 heavy (non-hydrogen) atoms. The Morgan fingerprint density at radius 1 is 0.895 bits per heavy atom. The van der Waals surface area contributed by atoms with Gasteiger partial charge in [-0.2, -0.15) is 0 Å². The Morgan fingerprint density at radius 3 is 2.37 bits per heavy atom. The molecule has 3 heterocycles. The summed E-state index contributed by atoms with van der Waals surface area (Å²) < 4.78 is 7.29. The van der Waals surface area contributed by atoms with Gasteiger partial charge in [-0.1, -0.05) is 48.0 Å².